The van der Waals surface area contributed by atoms with Gasteiger partial charge >= 0.3 is 0 Å². The molecule has 33 heavy (non-hydrogen) atoms. The summed E-state index contributed by atoms with van der Waals surface area (Å²) in [4.78, 5) is 13.2. The molecule has 0 unspecified atom stereocenters. The van der Waals surface area contributed by atoms with E-state index in [-0.39, 0.29) is 28.4 Å². The average Bonchev–Trinajstić information content (AvgIpc) is 2.80. The molecule has 0 radical (unpaired) electrons. The first-order valence-corrected chi connectivity index (χ1v) is 13.4. The number of ether oxygens (including phenoxy) is 1. The number of benzene rings is 2. The summed E-state index contributed by atoms with van der Waals surface area (Å²) in [6.07, 6.45) is 0.490. The second-order valence-corrected chi connectivity index (χ2v) is 12.0. The molecule has 9 nitrogen and oxygen atoms in total. The smallest absolute Gasteiger partial charge is 0.255 e. The maximum atomic E-state index is 13.2. The number of anilines is 1. The van der Waals surface area contributed by atoms with Crippen molar-refractivity contribution in [2.24, 2.45) is 0 Å². The van der Waals surface area contributed by atoms with Crippen LogP contribution in [0.25, 0.3) is 0 Å². The van der Waals surface area contributed by atoms with Gasteiger partial charge in [0.05, 0.1) is 23.0 Å². The fraction of sp³-hybridized carbons (Fsp3) is 0.409. The monoisotopic (exact) mass is 495 g/mol. The second-order valence-electron chi connectivity index (χ2n) is 7.91. The van der Waals surface area contributed by atoms with Crippen molar-refractivity contribution in [3.05, 3.63) is 53.1 Å². The number of amides is 1. The lowest BCUT2D eigenvalue weighted by atomic mass is 10.1. The second kappa shape index (κ2) is 9.90. The standard InChI is InChI=1S/C22H29N3O6S2/c1-5-17-7-8-18(14-21(17)33(29,30)25-10-12-31-13-11-25)22(26)23-20-15-19(9-6-16(20)2)32(27,28)24(3)4/h6-9,14-15H,5,10-13H2,1-4H3,(H,23,26). The van der Waals surface area contributed by atoms with E-state index < -0.39 is 26.0 Å². The summed E-state index contributed by atoms with van der Waals surface area (Å²) in [5, 5.41) is 2.72. The molecule has 0 aromatic heterocycles. The van der Waals surface area contributed by atoms with E-state index in [4.69, 9.17) is 4.74 Å². The van der Waals surface area contributed by atoms with E-state index in [1.54, 1.807) is 25.1 Å². The van der Waals surface area contributed by atoms with Crippen LogP contribution in [0.2, 0.25) is 0 Å². The van der Waals surface area contributed by atoms with Crippen molar-refractivity contribution in [1.29, 1.82) is 0 Å². The number of nitrogens with one attached hydrogen (secondary N) is 1. The van der Waals surface area contributed by atoms with Crippen LogP contribution in [0.3, 0.4) is 0 Å². The van der Waals surface area contributed by atoms with Gasteiger partial charge in [-0.1, -0.05) is 19.1 Å². The van der Waals surface area contributed by atoms with Crippen LogP contribution >= 0.6 is 0 Å². The molecule has 2 aromatic carbocycles. The lowest BCUT2D eigenvalue weighted by Gasteiger charge is -2.27. The van der Waals surface area contributed by atoms with Crippen molar-refractivity contribution in [2.45, 2.75) is 30.1 Å². The first-order chi connectivity index (χ1) is 15.5. The molecule has 11 heteroatoms. The maximum Gasteiger partial charge on any atom is 0.255 e. The Kier molecular flexibility index (Phi) is 7.59. The van der Waals surface area contributed by atoms with Gasteiger partial charge in [0.15, 0.2) is 0 Å². The van der Waals surface area contributed by atoms with Crippen LogP contribution in [-0.2, 0) is 31.2 Å². The molecule has 2 aromatic rings. The highest BCUT2D eigenvalue weighted by Crippen LogP contribution is 2.26. The summed E-state index contributed by atoms with van der Waals surface area (Å²) in [5.41, 5.74) is 1.79. The zero-order valence-corrected chi connectivity index (χ0v) is 20.8. The molecule has 0 atom stereocenters. The Morgan fingerprint density at radius 1 is 1.06 bits per heavy atom. The highest BCUT2D eigenvalue weighted by atomic mass is 32.2. The molecule has 0 saturated carbocycles. The van der Waals surface area contributed by atoms with Crippen molar-refractivity contribution < 1.29 is 26.4 Å². The van der Waals surface area contributed by atoms with E-state index in [2.05, 4.69) is 5.32 Å². The van der Waals surface area contributed by atoms with Crippen LogP contribution in [-0.4, -0.2) is 71.8 Å². The first kappa shape index (κ1) is 25.3. The predicted octanol–water partition coefficient (Wildman–Crippen LogP) is 2.08. The number of sulfonamides is 2. The van der Waals surface area contributed by atoms with Gasteiger partial charge in [-0.15, -0.1) is 0 Å². The van der Waals surface area contributed by atoms with E-state index in [0.29, 0.717) is 36.4 Å². The van der Waals surface area contributed by atoms with Crippen molar-refractivity contribution in [3.8, 4) is 0 Å². The molecule has 0 spiro atoms. The molecule has 1 saturated heterocycles. The lowest BCUT2D eigenvalue weighted by Crippen LogP contribution is -2.41. The van der Waals surface area contributed by atoms with Crippen LogP contribution in [0.4, 0.5) is 5.69 Å². The number of rotatable bonds is 7. The number of hydrogen-bond donors (Lipinski definition) is 1. The molecule has 1 N–H and O–H groups in total. The highest BCUT2D eigenvalue weighted by Gasteiger charge is 2.29. The highest BCUT2D eigenvalue weighted by molar-refractivity contribution is 7.89. The first-order valence-electron chi connectivity index (χ1n) is 10.5. The lowest BCUT2D eigenvalue weighted by molar-refractivity contribution is 0.0730. The van der Waals surface area contributed by atoms with Crippen molar-refractivity contribution >= 4 is 31.6 Å². The molecule has 3 rings (SSSR count). The van der Waals surface area contributed by atoms with Gasteiger partial charge in [0.25, 0.3) is 5.91 Å². The molecule has 180 valence electrons. The third-order valence-electron chi connectivity index (χ3n) is 5.53. The molecule has 1 amide bonds. The number of carbonyl (C=O) groups excluding carboxylic acids is 1. The zero-order chi connectivity index (χ0) is 24.4. The van der Waals surface area contributed by atoms with Crippen molar-refractivity contribution in [3.63, 3.8) is 0 Å². The van der Waals surface area contributed by atoms with Gasteiger partial charge in [-0.2, -0.15) is 4.31 Å². The minimum Gasteiger partial charge on any atom is -0.379 e. The average molecular weight is 496 g/mol. The predicted molar refractivity (Wildman–Crippen MR) is 125 cm³/mol. The minimum absolute atomic E-state index is 0.0466. The Labute approximate surface area is 195 Å². The van der Waals surface area contributed by atoms with E-state index in [1.807, 2.05) is 6.92 Å². The molecule has 1 aliphatic rings. The number of nitrogens with zero attached hydrogens (tertiary/aromatic N) is 2. The van der Waals surface area contributed by atoms with E-state index in [1.165, 1.54) is 36.6 Å². The summed E-state index contributed by atoms with van der Waals surface area (Å²) in [6, 6.07) is 9.08. The van der Waals surface area contributed by atoms with Crippen LogP contribution in [0.1, 0.15) is 28.4 Å². The molecular formula is C22H29N3O6S2. The molecule has 0 bridgehead atoms. The van der Waals surface area contributed by atoms with Gasteiger partial charge in [-0.05, 0) is 48.7 Å². The topological polar surface area (TPSA) is 113 Å². The van der Waals surface area contributed by atoms with Crippen molar-refractivity contribution in [1.82, 2.24) is 8.61 Å². The van der Waals surface area contributed by atoms with Gasteiger partial charge in [0.1, 0.15) is 0 Å². The molecule has 1 fully saturated rings. The maximum absolute atomic E-state index is 13.2. The molecule has 1 aliphatic heterocycles. The van der Waals surface area contributed by atoms with Crippen molar-refractivity contribution in [2.75, 3.05) is 45.7 Å². The largest absolute Gasteiger partial charge is 0.379 e. The molecule has 1 heterocycles. The number of hydrogen-bond acceptors (Lipinski definition) is 6. The van der Waals surface area contributed by atoms with Crippen LogP contribution < -0.4 is 5.32 Å². The number of aryl methyl sites for hydroxylation is 2. The SMILES string of the molecule is CCc1ccc(C(=O)Nc2cc(S(=O)(=O)N(C)C)ccc2C)cc1S(=O)(=O)N1CCOCC1. The van der Waals surface area contributed by atoms with E-state index >= 15 is 0 Å². The fourth-order valence-electron chi connectivity index (χ4n) is 3.46. The number of morpholine rings is 1. The third kappa shape index (κ3) is 5.28. The Balaban J connectivity index is 1.95. The summed E-state index contributed by atoms with van der Waals surface area (Å²) >= 11 is 0. The van der Waals surface area contributed by atoms with Crippen LogP contribution in [0.15, 0.2) is 46.2 Å². The van der Waals surface area contributed by atoms with Gasteiger partial charge in [-0.3, -0.25) is 4.79 Å². The minimum atomic E-state index is -3.79. The Hall–Kier alpha value is -2.31. The van der Waals surface area contributed by atoms with Gasteiger partial charge < -0.3 is 10.1 Å². The van der Waals surface area contributed by atoms with Gasteiger partial charge in [0, 0.05) is 38.4 Å². The van der Waals surface area contributed by atoms with E-state index in [0.717, 1.165) is 4.31 Å². The Bertz CT molecular complexity index is 1250. The molecule has 0 aliphatic carbocycles. The summed E-state index contributed by atoms with van der Waals surface area (Å²) in [6.45, 7) is 4.77. The zero-order valence-electron chi connectivity index (χ0n) is 19.2. The molecular weight excluding hydrogens is 466 g/mol. The fourth-order valence-corrected chi connectivity index (χ4v) is 6.11. The quantitative estimate of drug-likeness (QED) is 0.629. The Morgan fingerprint density at radius 2 is 1.73 bits per heavy atom. The van der Waals surface area contributed by atoms with E-state index in [9.17, 15) is 21.6 Å². The number of carbonyl (C=O) groups is 1. The summed E-state index contributed by atoms with van der Waals surface area (Å²) in [7, 11) is -4.61. The summed E-state index contributed by atoms with van der Waals surface area (Å²) < 4.78 is 59.1. The van der Waals surface area contributed by atoms with Gasteiger partial charge in [0.2, 0.25) is 20.0 Å². The third-order valence-corrected chi connectivity index (χ3v) is 9.33. The normalized spacial score (nSPS) is 15.5. The summed E-state index contributed by atoms with van der Waals surface area (Å²) in [5.74, 6) is -0.529. The van der Waals surface area contributed by atoms with Crippen LogP contribution in [0.5, 0.6) is 0 Å². The Morgan fingerprint density at radius 3 is 2.33 bits per heavy atom. The van der Waals surface area contributed by atoms with Crippen LogP contribution in [0, 0.1) is 6.92 Å². The van der Waals surface area contributed by atoms with Gasteiger partial charge in [-0.25, -0.2) is 21.1 Å².